The van der Waals surface area contributed by atoms with E-state index >= 15 is 0 Å². The highest BCUT2D eigenvalue weighted by Gasteiger charge is 2.20. The van der Waals surface area contributed by atoms with E-state index in [1.807, 2.05) is 12.1 Å². The van der Waals surface area contributed by atoms with Crippen LogP contribution in [-0.2, 0) is 20.2 Å². The molecule has 1 aromatic heterocycles. The van der Waals surface area contributed by atoms with Crippen molar-refractivity contribution in [3.63, 3.8) is 0 Å². The Balaban J connectivity index is 1.70. The van der Waals surface area contributed by atoms with Crippen LogP contribution in [0.25, 0.3) is 10.9 Å². The Labute approximate surface area is 181 Å². The zero-order valence-corrected chi connectivity index (χ0v) is 18.4. The maximum atomic E-state index is 6.31. The molecule has 1 aliphatic heterocycles. The Bertz CT molecular complexity index is 1010. The first-order valence-corrected chi connectivity index (χ1v) is 10.8. The Morgan fingerprint density at radius 1 is 1.00 bits per heavy atom. The highest BCUT2D eigenvalue weighted by atomic mass is 35.5. The molecule has 29 heavy (non-hydrogen) atoms. The average Bonchev–Trinajstić information content (AvgIpc) is 2.99. The average molecular weight is 433 g/mol. The molecule has 4 nitrogen and oxygen atoms in total. The maximum absolute atomic E-state index is 6.31. The molecule has 0 saturated carbocycles. The van der Waals surface area contributed by atoms with Crippen LogP contribution in [0.15, 0.2) is 36.4 Å². The van der Waals surface area contributed by atoms with Gasteiger partial charge in [0.05, 0.1) is 17.8 Å². The summed E-state index contributed by atoms with van der Waals surface area (Å²) < 4.78 is 13.8. The van der Waals surface area contributed by atoms with Gasteiger partial charge in [0.15, 0.2) is 0 Å². The van der Waals surface area contributed by atoms with Crippen LogP contribution in [0.3, 0.4) is 0 Å². The standard InChI is InChI=1S/C23H26Cl2N2O2/c1-26-21-8-7-17(28-2)13-18(21)19(14-27-10-4-3-5-11-27)22(26)15-29-23-9-6-16(24)12-20(23)25/h6-9,12-13H,3-5,10-11,14-15H2,1-2H3. The minimum absolute atomic E-state index is 0.442. The third-order valence-electron chi connectivity index (χ3n) is 5.73. The van der Waals surface area contributed by atoms with E-state index in [9.17, 15) is 0 Å². The first-order chi connectivity index (χ1) is 14.1. The number of ether oxygens (including phenoxy) is 2. The lowest BCUT2D eigenvalue weighted by Gasteiger charge is -2.27. The SMILES string of the molecule is COc1ccc2c(c1)c(CN1CCCCC1)c(COc1ccc(Cl)cc1Cl)n2C. The number of rotatable bonds is 6. The van der Waals surface area contributed by atoms with Crippen LogP contribution in [0.5, 0.6) is 11.5 Å². The van der Waals surface area contributed by atoms with Gasteiger partial charge in [0.2, 0.25) is 0 Å². The fourth-order valence-electron chi connectivity index (χ4n) is 4.12. The molecule has 0 atom stereocenters. The summed E-state index contributed by atoms with van der Waals surface area (Å²) in [6.45, 7) is 3.64. The molecule has 154 valence electrons. The molecular formula is C23H26Cl2N2O2. The number of hydrogen-bond donors (Lipinski definition) is 0. The van der Waals surface area contributed by atoms with Gasteiger partial charge < -0.3 is 14.0 Å². The van der Waals surface area contributed by atoms with E-state index in [-0.39, 0.29) is 0 Å². The molecule has 4 rings (SSSR count). The molecule has 0 bridgehead atoms. The van der Waals surface area contributed by atoms with Crippen molar-refractivity contribution in [3.05, 3.63) is 57.7 Å². The summed E-state index contributed by atoms with van der Waals surface area (Å²) in [6, 6.07) is 11.6. The summed E-state index contributed by atoms with van der Waals surface area (Å²) in [5.41, 5.74) is 3.64. The number of piperidine rings is 1. The van der Waals surface area contributed by atoms with Crippen LogP contribution >= 0.6 is 23.2 Å². The van der Waals surface area contributed by atoms with Gasteiger partial charge in [-0.15, -0.1) is 0 Å². The Kier molecular flexibility index (Phi) is 6.23. The molecule has 1 fully saturated rings. The minimum atomic E-state index is 0.442. The smallest absolute Gasteiger partial charge is 0.138 e. The molecule has 1 aliphatic rings. The van der Waals surface area contributed by atoms with Crippen LogP contribution in [-0.4, -0.2) is 29.7 Å². The lowest BCUT2D eigenvalue weighted by molar-refractivity contribution is 0.218. The van der Waals surface area contributed by atoms with Gasteiger partial charge in [0.1, 0.15) is 18.1 Å². The van der Waals surface area contributed by atoms with Gasteiger partial charge in [0.25, 0.3) is 0 Å². The summed E-state index contributed by atoms with van der Waals surface area (Å²) in [4.78, 5) is 2.54. The van der Waals surface area contributed by atoms with Gasteiger partial charge in [-0.3, -0.25) is 4.90 Å². The highest BCUT2D eigenvalue weighted by molar-refractivity contribution is 6.35. The Morgan fingerprint density at radius 3 is 2.52 bits per heavy atom. The molecule has 0 radical (unpaired) electrons. The van der Waals surface area contributed by atoms with Crippen LogP contribution in [0.4, 0.5) is 0 Å². The van der Waals surface area contributed by atoms with E-state index in [0.717, 1.165) is 31.1 Å². The van der Waals surface area contributed by atoms with Gasteiger partial charge >= 0.3 is 0 Å². The maximum Gasteiger partial charge on any atom is 0.138 e. The fourth-order valence-corrected chi connectivity index (χ4v) is 4.58. The van der Waals surface area contributed by atoms with Gasteiger partial charge in [-0.25, -0.2) is 0 Å². The number of likely N-dealkylation sites (tertiary alicyclic amines) is 1. The zero-order valence-electron chi connectivity index (χ0n) is 16.9. The van der Waals surface area contributed by atoms with Crippen molar-refractivity contribution in [2.75, 3.05) is 20.2 Å². The first kappa shape index (κ1) is 20.4. The number of aryl methyl sites for hydroxylation is 1. The van der Waals surface area contributed by atoms with Crippen LogP contribution in [0, 0.1) is 0 Å². The number of halogens is 2. The summed E-state index contributed by atoms with van der Waals surface area (Å²) >= 11 is 12.3. The fraction of sp³-hybridized carbons (Fsp3) is 0.391. The Morgan fingerprint density at radius 2 is 1.79 bits per heavy atom. The third-order valence-corrected chi connectivity index (χ3v) is 6.26. The number of hydrogen-bond acceptors (Lipinski definition) is 3. The lowest BCUT2D eigenvalue weighted by Crippen LogP contribution is -2.29. The van der Waals surface area contributed by atoms with E-state index in [0.29, 0.717) is 22.4 Å². The molecule has 3 aromatic rings. The van der Waals surface area contributed by atoms with Crippen molar-refractivity contribution in [2.24, 2.45) is 7.05 Å². The molecule has 0 spiro atoms. The van der Waals surface area contributed by atoms with Crippen molar-refractivity contribution in [3.8, 4) is 11.5 Å². The number of methoxy groups -OCH3 is 1. The van der Waals surface area contributed by atoms with Crippen LogP contribution in [0.2, 0.25) is 10.0 Å². The molecule has 0 amide bonds. The third kappa shape index (κ3) is 4.35. The monoisotopic (exact) mass is 432 g/mol. The van der Waals surface area contributed by atoms with Gasteiger partial charge in [-0.05, 0) is 67.9 Å². The van der Waals surface area contributed by atoms with Crippen molar-refractivity contribution in [1.82, 2.24) is 9.47 Å². The van der Waals surface area contributed by atoms with Gasteiger partial charge in [0, 0.05) is 29.5 Å². The second-order valence-corrected chi connectivity index (χ2v) is 8.41. The topological polar surface area (TPSA) is 26.6 Å². The molecule has 2 heterocycles. The largest absolute Gasteiger partial charge is 0.497 e. The van der Waals surface area contributed by atoms with Crippen LogP contribution in [0.1, 0.15) is 30.5 Å². The van der Waals surface area contributed by atoms with Crippen molar-refractivity contribution < 1.29 is 9.47 Å². The van der Waals surface area contributed by atoms with E-state index < -0.39 is 0 Å². The predicted molar refractivity (Wildman–Crippen MR) is 119 cm³/mol. The van der Waals surface area contributed by atoms with Crippen molar-refractivity contribution in [2.45, 2.75) is 32.4 Å². The molecule has 1 saturated heterocycles. The van der Waals surface area contributed by atoms with Gasteiger partial charge in [-0.2, -0.15) is 0 Å². The minimum Gasteiger partial charge on any atom is -0.497 e. The number of benzene rings is 2. The normalized spacial score (nSPS) is 15.0. The molecule has 0 aliphatic carbocycles. The van der Waals surface area contributed by atoms with E-state index in [2.05, 4.69) is 28.6 Å². The summed E-state index contributed by atoms with van der Waals surface area (Å²) in [5, 5.41) is 2.35. The second kappa shape index (κ2) is 8.86. The summed E-state index contributed by atoms with van der Waals surface area (Å²) in [6.07, 6.45) is 3.85. The zero-order chi connectivity index (χ0) is 20.4. The summed E-state index contributed by atoms with van der Waals surface area (Å²) in [7, 11) is 3.80. The molecular weight excluding hydrogens is 407 g/mol. The molecule has 0 N–H and O–H groups in total. The van der Waals surface area contributed by atoms with Crippen molar-refractivity contribution in [1.29, 1.82) is 0 Å². The van der Waals surface area contributed by atoms with E-state index in [1.54, 1.807) is 19.2 Å². The predicted octanol–water partition coefficient (Wildman–Crippen LogP) is 6.06. The van der Waals surface area contributed by atoms with Crippen molar-refractivity contribution >= 4 is 34.1 Å². The molecule has 0 unspecified atom stereocenters. The Hall–Kier alpha value is -1.88. The van der Waals surface area contributed by atoms with Gasteiger partial charge in [-0.1, -0.05) is 29.6 Å². The lowest BCUT2D eigenvalue weighted by atomic mass is 10.1. The molecule has 2 aromatic carbocycles. The van der Waals surface area contributed by atoms with E-state index in [1.165, 1.54) is 35.7 Å². The number of aromatic nitrogens is 1. The highest BCUT2D eigenvalue weighted by Crippen LogP contribution is 2.33. The number of fused-ring (bicyclic) bond motifs is 1. The number of nitrogens with zero attached hydrogens (tertiary/aromatic N) is 2. The quantitative estimate of drug-likeness (QED) is 0.473. The second-order valence-electron chi connectivity index (χ2n) is 7.57. The summed E-state index contributed by atoms with van der Waals surface area (Å²) in [5.74, 6) is 1.51. The molecule has 6 heteroatoms. The van der Waals surface area contributed by atoms with E-state index in [4.69, 9.17) is 32.7 Å². The van der Waals surface area contributed by atoms with Crippen LogP contribution < -0.4 is 9.47 Å². The first-order valence-electron chi connectivity index (χ1n) is 10.0.